The van der Waals surface area contributed by atoms with E-state index >= 15 is 0 Å². The predicted octanol–water partition coefficient (Wildman–Crippen LogP) is 0.615. The minimum Gasteiger partial charge on any atom is -0.396 e. The molecule has 1 aliphatic rings. The van der Waals surface area contributed by atoms with Gasteiger partial charge in [-0.25, -0.2) is 0 Å². The normalized spacial score (nSPS) is 21.6. The van der Waals surface area contributed by atoms with E-state index in [1.165, 1.54) is 6.42 Å². The number of aromatic nitrogens is 2. The highest BCUT2D eigenvalue weighted by Gasteiger charge is 2.44. The Morgan fingerprint density at radius 2 is 2.43 bits per heavy atom. The van der Waals surface area contributed by atoms with Gasteiger partial charge in [-0.05, 0) is 18.9 Å². The van der Waals surface area contributed by atoms with Crippen molar-refractivity contribution < 1.29 is 5.11 Å². The molecule has 1 saturated carbocycles. The van der Waals surface area contributed by atoms with Crippen molar-refractivity contribution in [3.05, 3.63) is 18.0 Å². The van der Waals surface area contributed by atoms with E-state index in [2.05, 4.69) is 10.2 Å². The molecule has 4 heteroatoms. The molecule has 0 aliphatic heterocycles. The Kier molecular flexibility index (Phi) is 2.56. The van der Waals surface area contributed by atoms with Crippen LogP contribution >= 0.6 is 0 Å². The molecule has 4 N–H and O–H groups in total. The Bertz CT molecular complexity index is 274. The molecule has 1 aromatic rings. The van der Waals surface area contributed by atoms with Crippen molar-refractivity contribution in [3.8, 4) is 0 Å². The zero-order valence-corrected chi connectivity index (χ0v) is 8.24. The molecule has 0 amide bonds. The summed E-state index contributed by atoms with van der Waals surface area (Å²) in [5.74, 6) is 0.226. The van der Waals surface area contributed by atoms with Crippen LogP contribution in [0.5, 0.6) is 0 Å². The third-order valence-electron chi connectivity index (χ3n) is 3.54. The molecule has 0 spiro atoms. The van der Waals surface area contributed by atoms with E-state index in [4.69, 9.17) is 5.73 Å². The van der Waals surface area contributed by atoms with Gasteiger partial charge < -0.3 is 10.8 Å². The number of aliphatic hydroxyl groups excluding tert-OH is 1. The van der Waals surface area contributed by atoms with Crippen LogP contribution in [0, 0.1) is 5.41 Å². The lowest BCUT2D eigenvalue weighted by molar-refractivity contribution is 0.0179. The second kappa shape index (κ2) is 3.71. The van der Waals surface area contributed by atoms with E-state index in [0.717, 1.165) is 18.5 Å². The van der Waals surface area contributed by atoms with Crippen LogP contribution in [0.2, 0.25) is 0 Å². The van der Waals surface area contributed by atoms with Crippen LogP contribution in [-0.4, -0.2) is 28.5 Å². The number of nitrogens with zero attached hydrogens (tertiary/aromatic N) is 1. The minimum absolute atomic E-state index is 0.0152. The van der Waals surface area contributed by atoms with Crippen molar-refractivity contribution >= 4 is 0 Å². The van der Waals surface area contributed by atoms with Gasteiger partial charge in [-0.3, -0.25) is 5.10 Å². The molecule has 14 heavy (non-hydrogen) atoms. The van der Waals surface area contributed by atoms with Crippen LogP contribution in [0.25, 0.3) is 0 Å². The van der Waals surface area contributed by atoms with Gasteiger partial charge in [-0.1, -0.05) is 6.42 Å². The quantitative estimate of drug-likeness (QED) is 0.659. The van der Waals surface area contributed by atoms with Gasteiger partial charge in [0, 0.05) is 36.4 Å². The molecule has 1 aliphatic carbocycles. The molecule has 1 unspecified atom stereocenters. The molecule has 1 fully saturated rings. The van der Waals surface area contributed by atoms with Gasteiger partial charge in [0.15, 0.2) is 0 Å². The first-order valence-corrected chi connectivity index (χ1v) is 5.12. The van der Waals surface area contributed by atoms with Gasteiger partial charge in [0.1, 0.15) is 0 Å². The monoisotopic (exact) mass is 195 g/mol. The van der Waals surface area contributed by atoms with Gasteiger partial charge >= 0.3 is 0 Å². The highest BCUT2D eigenvalue weighted by atomic mass is 16.3. The summed E-state index contributed by atoms with van der Waals surface area (Å²) in [6.45, 7) is 0.802. The maximum Gasteiger partial charge on any atom is 0.0494 e. The van der Waals surface area contributed by atoms with E-state index in [0.29, 0.717) is 6.54 Å². The third kappa shape index (κ3) is 1.35. The largest absolute Gasteiger partial charge is 0.396 e. The summed E-state index contributed by atoms with van der Waals surface area (Å²) >= 11 is 0. The molecule has 4 nitrogen and oxygen atoms in total. The zero-order chi connectivity index (χ0) is 10.0. The third-order valence-corrected chi connectivity index (χ3v) is 3.54. The van der Waals surface area contributed by atoms with Crippen molar-refractivity contribution in [2.24, 2.45) is 11.1 Å². The van der Waals surface area contributed by atoms with Crippen LogP contribution in [0.4, 0.5) is 0 Å². The molecular weight excluding hydrogens is 178 g/mol. The number of H-pyrrole nitrogens is 1. The lowest BCUT2D eigenvalue weighted by Gasteiger charge is -2.45. The number of hydrogen-bond donors (Lipinski definition) is 3. The fraction of sp³-hybridized carbons (Fsp3) is 0.700. The van der Waals surface area contributed by atoms with Crippen molar-refractivity contribution in [3.63, 3.8) is 0 Å². The first-order chi connectivity index (χ1) is 6.82. The SMILES string of the molecule is NCC(c1ccn[nH]1)C1(CO)CCC1. The highest BCUT2D eigenvalue weighted by Crippen LogP contribution is 2.50. The van der Waals surface area contributed by atoms with E-state index in [9.17, 15) is 5.11 Å². The van der Waals surface area contributed by atoms with Gasteiger partial charge in [-0.15, -0.1) is 0 Å². The topological polar surface area (TPSA) is 74.9 Å². The summed E-state index contributed by atoms with van der Waals surface area (Å²) in [5.41, 5.74) is 6.85. The number of aromatic amines is 1. The van der Waals surface area contributed by atoms with Crippen LogP contribution in [0.15, 0.2) is 12.3 Å². The maximum absolute atomic E-state index is 9.45. The number of aliphatic hydroxyl groups is 1. The standard InChI is InChI=1S/C10H17N3O/c11-6-8(9-2-5-12-13-9)10(7-14)3-1-4-10/h2,5,8,14H,1,3-4,6-7,11H2,(H,12,13). The Morgan fingerprint density at radius 3 is 2.79 bits per heavy atom. The van der Waals surface area contributed by atoms with Crippen molar-refractivity contribution in [1.29, 1.82) is 0 Å². The fourth-order valence-corrected chi connectivity index (χ4v) is 2.42. The van der Waals surface area contributed by atoms with Crippen molar-refractivity contribution in [2.75, 3.05) is 13.2 Å². The van der Waals surface area contributed by atoms with Gasteiger partial charge in [-0.2, -0.15) is 5.10 Å². The van der Waals surface area contributed by atoms with Crippen molar-refractivity contribution in [2.45, 2.75) is 25.2 Å². The first-order valence-electron chi connectivity index (χ1n) is 5.12. The van der Waals surface area contributed by atoms with E-state index < -0.39 is 0 Å². The molecular formula is C10H17N3O. The van der Waals surface area contributed by atoms with Gasteiger partial charge in [0.25, 0.3) is 0 Å². The van der Waals surface area contributed by atoms with Crippen molar-refractivity contribution in [1.82, 2.24) is 10.2 Å². The van der Waals surface area contributed by atoms with Gasteiger partial charge in [0.2, 0.25) is 0 Å². The molecule has 1 atom stereocenters. The first kappa shape index (κ1) is 9.68. The van der Waals surface area contributed by atoms with Crippen LogP contribution in [0.3, 0.4) is 0 Å². The van der Waals surface area contributed by atoms with Crippen LogP contribution in [0.1, 0.15) is 30.9 Å². The summed E-state index contributed by atoms with van der Waals surface area (Å²) in [7, 11) is 0. The number of hydrogen-bond acceptors (Lipinski definition) is 3. The Balaban J connectivity index is 2.20. The molecule has 2 rings (SSSR count). The average Bonchev–Trinajstić information content (AvgIpc) is 2.63. The molecule has 78 valence electrons. The second-order valence-corrected chi connectivity index (χ2v) is 4.17. The maximum atomic E-state index is 9.45. The average molecular weight is 195 g/mol. The molecule has 1 heterocycles. The van der Waals surface area contributed by atoms with E-state index in [1.807, 2.05) is 6.07 Å². The number of rotatable bonds is 4. The Hall–Kier alpha value is -0.870. The number of nitrogens with one attached hydrogen (secondary N) is 1. The Morgan fingerprint density at radius 1 is 1.64 bits per heavy atom. The number of nitrogens with two attached hydrogens (primary N) is 1. The summed E-state index contributed by atoms with van der Waals surface area (Å²) in [6.07, 6.45) is 5.09. The molecule has 1 aromatic heterocycles. The predicted molar refractivity (Wildman–Crippen MR) is 53.8 cm³/mol. The van der Waals surface area contributed by atoms with Crippen LogP contribution in [-0.2, 0) is 0 Å². The van der Waals surface area contributed by atoms with Crippen LogP contribution < -0.4 is 5.73 Å². The molecule has 0 radical (unpaired) electrons. The molecule has 0 bridgehead atoms. The van der Waals surface area contributed by atoms with E-state index in [1.54, 1.807) is 6.20 Å². The minimum atomic E-state index is 0.0152. The van der Waals surface area contributed by atoms with E-state index in [-0.39, 0.29) is 17.9 Å². The smallest absolute Gasteiger partial charge is 0.0494 e. The van der Waals surface area contributed by atoms with Gasteiger partial charge in [0.05, 0.1) is 0 Å². The highest BCUT2D eigenvalue weighted by molar-refractivity contribution is 5.14. The molecule has 0 saturated heterocycles. The lowest BCUT2D eigenvalue weighted by Crippen LogP contribution is -2.42. The zero-order valence-electron chi connectivity index (χ0n) is 8.24. The summed E-state index contributed by atoms with van der Waals surface area (Å²) in [6, 6.07) is 1.95. The fourth-order valence-electron chi connectivity index (χ4n) is 2.42. The summed E-state index contributed by atoms with van der Waals surface area (Å²) in [4.78, 5) is 0. The molecule has 0 aromatic carbocycles. The summed E-state index contributed by atoms with van der Waals surface area (Å²) < 4.78 is 0. The summed E-state index contributed by atoms with van der Waals surface area (Å²) in [5, 5.41) is 16.3. The lowest BCUT2D eigenvalue weighted by atomic mass is 9.60. The Labute approximate surface area is 83.5 Å². The second-order valence-electron chi connectivity index (χ2n) is 4.17.